The van der Waals surface area contributed by atoms with E-state index in [1.54, 1.807) is 6.92 Å². The highest BCUT2D eigenvalue weighted by molar-refractivity contribution is 5.66. The number of hydrogen-bond acceptors (Lipinski definition) is 2. The molecule has 0 aromatic carbocycles. The fourth-order valence-electron chi connectivity index (χ4n) is 5.50. The Morgan fingerprint density at radius 1 is 1.18 bits per heavy atom. The molecule has 2 nitrogen and oxygen atoms in total. The van der Waals surface area contributed by atoms with Gasteiger partial charge in [0, 0.05) is 12.8 Å². The lowest BCUT2D eigenvalue weighted by Gasteiger charge is -2.46. The monoisotopic (exact) mass is 308 g/mol. The standard InChI is InChI=1S/C20H36O2/c1-14(2)8-6-9-15(3)17-11-12-18-19(22-16(4)21)10-7-13-20(17,18)5/h14-15,17-19H,6-13H2,1-5H3/t15-,17-,18+,19+,20-/m1/s1. The maximum atomic E-state index is 11.4. The number of rotatable bonds is 6. The molecule has 0 aromatic rings. The zero-order chi connectivity index (χ0) is 16.3. The van der Waals surface area contributed by atoms with E-state index < -0.39 is 0 Å². The molecule has 2 aliphatic carbocycles. The molecule has 2 saturated carbocycles. The Kier molecular flexibility index (Phi) is 5.96. The number of carbonyl (C=O) groups is 1. The summed E-state index contributed by atoms with van der Waals surface area (Å²) in [4.78, 5) is 11.4. The van der Waals surface area contributed by atoms with Gasteiger partial charge in [-0.25, -0.2) is 0 Å². The van der Waals surface area contributed by atoms with Gasteiger partial charge in [-0.05, 0) is 55.3 Å². The van der Waals surface area contributed by atoms with E-state index in [2.05, 4.69) is 27.7 Å². The highest BCUT2D eigenvalue weighted by atomic mass is 16.5. The molecule has 0 aromatic heterocycles. The molecule has 0 N–H and O–H groups in total. The van der Waals surface area contributed by atoms with Crippen molar-refractivity contribution in [3.63, 3.8) is 0 Å². The maximum absolute atomic E-state index is 11.4. The van der Waals surface area contributed by atoms with Crippen LogP contribution in [-0.4, -0.2) is 12.1 Å². The second-order valence-corrected chi connectivity index (χ2v) is 8.64. The summed E-state index contributed by atoms with van der Waals surface area (Å²) in [5.41, 5.74) is 0.398. The van der Waals surface area contributed by atoms with E-state index in [0.29, 0.717) is 11.3 Å². The van der Waals surface area contributed by atoms with Gasteiger partial charge in [-0.1, -0.05) is 47.0 Å². The number of carbonyl (C=O) groups excluding carboxylic acids is 1. The van der Waals surface area contributed by atoms with Crippen LogP contribution in [0.4, 0.5) is 0 Å². The maximum Gasteiger partial charge on any atom is 0.302 e. The first kappa shape index (κ1) is 17.8. The van der Waals surface area contributed by atoms with Crippen molar-refractivity contribution in [1.29, 1.82) is 0 Å². The van der Waals surface area contributed by atoms with Gasteiger partial charge in [0.15, 0.2) is 0 Å². The Labute approximate surface area is 137 Å². The third-order valence-corrected chi connectivity index (χ3v) is 6.58. The Hall–Kier alpha value is -0.530. The third-order valence-electron chi connectivity index (χ3n) is 6.58. The van der Waals surface area contributed by atoms with Crippen LogP contribution in [-0.2, 0) is 9.53 Å². The molecule has 22 heavy (non-hydrogen) atoms. The van der Waals surface area contributed by atoms with E-state index in [-0.39, 0.29) is 12.1 Å². The van der Waals surface area contributed by atoms with Crippen LogP contribution >= 0.6 is 0 Å². The smallest absolute Gasteiger partial charge is 0.302 e. The second kappa shape index (κ2) is 7.36. The van der Waals surface area contributed by atoms with Crippen LogP contribution in [0.15, 0.2) is 0 Å². The minimum Gasteiger partial charge on any atom is -0.462 e. The van der Waals surface area contributed by atoms with Crippen LogP contribution in [0.5, 0.6) is 0 Å². The zero-order valence-electron chi connectivity index (χ0n) is 15.4. The normalized spacial score (nSPS) is 36.2. The number of fused-ring (bicyclic) bond motifs is 1. The molecule has 0 amide bonds. The molecule has 0 saturated heterocycles. The van der Waals surface area contributed by atoms with Crippen molar-refractivity contribution < 1.29 is 9.53 Å². The molecule has 0 heterocycles. The van der Waals surface area contributed by atoms with Crippen molar-refractivity contribution in [2.75, 3.05) is 0 Å². The van der Waals surface area contributed by atoms with Crippen molar-refractivity contribution in [3.8, 4) is 0 Å². The molecule has 0 aliphatic heterocycles. The first-order valence-corrected chi connectivity index (χ1v) is 9.51. The van der Waals surface area contributed by atoms with E-state index in [9.17, 15) is 4.79 Å². The zero-order valence-corrected chi connectivity index (χ0v) is 15.4. The number of ether oxygens (including phenoxy) is 1. The summed E-state index contributed by atoms with van der Waals surface area (Å²) in [6.45, 7) is 11.2. The van der Waals surface area contributed by atoms with Crippen LogP contribution in [0.2, 0.25) is 0 Å². The first-order valence-electron chi connectivity index (χ1n) is 9.51. The van der Waals surface area contributed by atoms with Gasteiger partial charge in [-0.15, -0.1) is 0 Å². The Bertz CT molecular complexity index is 376. The first-order chi connectivity index (χ1) is 10.3. The molecular weight excluding hydrogens is 272 g/mol. The van der Waals surface area contributed by atoms with Crippen molar-refractivity contribution in [2.24, 2.45) is 29.1 Å². The third kappa shape index (κ3) is 3.86. The highest BCUT2D eigenvalue weighted by Gasteiger charge is 2.53. The summed E-state index contributed by atoms with van der Waals surface area (Å²) in [6.07, 6.45) is 10.5. The average molecular weight is 309 g/mol. The van der Waals surface area contributed by atoms with Gasteiger partial charge in [-0.3, -0.25) is 4.79 Å². The highest BCUT2D eigenvalue weighted by Crippen LogP contribution is 2.58. The van der Waals surface area contributed by atoms with Crippen LogP contribution in [0.1, 0.15) is 86.0 Å². The largest absolute Gasteiger partial charge is 0.462 e. The van der Waals surface area contributed by atoms with Crippen molar-refractivity contribution in [2.45, 2.75) is 92.1 Å². The molecule has 0 bridgehead atoms. The molecule has 2 fully saturated rings. The molecule has 128 valence electrons. The van der Waals surface area contributed by atoms with Crippen LogP contribution in [0, 0.1) is 29.1 Å². The number of hydrogen-bond donors (Lipinski definition) is 0. The van der Waals surface area contributed by atoms with Crippen molar-refractivity contribution in [3.05, 3.63) is 0 Å². The molecule has 2 heteroatoms. The molecule has 0 spiro atoms. The quantitative estimate of drug-likeness (QED) is 0.597. The summed E-state index contributed by atoms with van der Waals surface area (Å²) in [5.74, 6) is 2.96. The lowest BCUT2D eigenvalue weighted by Crippen LogP contribution is -2.43. The Morgan fingerprint density at radius 2 is 1.91 bits per heavy atom. The van der Waals surface area contributed by atoms with E-state index in [1.165, 1.54) is 44.9 Å². The van der Waals surface area contributed by atoms with Crippen LogP contribution in [0.3, 0.4) is 0 Å². The molecule has 5 atom stereocenters. The molecule has 0 unspecified atom stereocenters. The fourth-order valence-corrected chi connectivity index (χ4v) is 5.50. The van der Waals surface area contributed by atoms with E-state index >= 15 is 0 Å². The van der Waals surface area contributed by atoms with Crippen molar-refractivity contribution in [1.82, 2.24) is 0 Å². The van der Waals surface area contributed by atoms with Gasteiger partial charge in [0.25, 0.3) is 0 Å². The minimum absolute atomic E-state index is 0.0947. The molecule has 0 radical (unpaired) electrons. The van der Waals surface area contributed by atoms with E-state index in [4.69, 9.17) is 4.74 Å². The van der Waals surface area contributed by atoms with Gasteiger partial charge in [0.1, 0.15) is 6.10 Å². The van der Waals surface area contributed by atoms with E-state index in [0.717, 1.165) is 24.2 Å². The summed E-state index contributed by atoms with van der Waals surface area (Å²) in [5, 5.41) is 0. The average Bonchev–Trinajstić information content (AvgIpc) is 2.75. The van der Waals surface area contributed by atoms with Crippen molar-refractivity contribution >= 4 is 5.97 Å². The Balaban J connectivity index is 1.98. The summed E-state index contributed by atoms with van der Waals surface area (Å²) in [7, 11) is 0. The van der Waals surface area contributed by atoms with Gasteiger partial charge < -0.3 is 4.74 Å². The lowest BCUT2D eigenvalue weighted by molar-refractivity contribution is -0.155. The number of esters is 1. The topological polar surface area (TPSA) is 26.3 Å². The molecule has 2 rings (SSSR count). The minimum atomic E-state index is -0.0947. The predicted octanol–water partition coefficient (Wildman–Crippen LogP) is 5.60. The summed E-state index contributed by atoms with van der Waals surface area (Å²) in [6, 6.07) is 0. The second-order valence-electron chi connectivity index (χ2n) is 8.64. The molecular formula is C20H36O2. The predicted molar refractivity (Wildman–Crippen MR) is 91.6 cm³/mol. The molecule has 2 aliphatic rings. The van der Waals surface area contributed by atoms with E-state index in [1.807, 2.05) is 0 Å². The van der Waals surface area contributed by atoms with Crippen LogP contribution in [0.25, 0.3) is 0 Å². The fraction of sp³-hybridized carbons (Fsp3) is 0.950. The van der Waals surface area contributed by atoms with Crippen LogP contribution < -0.4 is 0 Å². The van der Waals surface area contributed by atoms with Gasteiger partial charge in [0.05, 0.1) is 0 Å². The SMILES string of the molecule is CC(=O)O[C@H]1CCC[C@]2(C)[C@@H]([C@H](C)CCCC(C)C)CC[C@@H]12. The summed E-state index contributed by atoms with van der Waals surface area (Å²) < 4.78 is 5.67. The summed E-state index contributed by atoms with van der Waals surface area (Å²) >= 11 is 0. The van der Waals surface area contributed by atoms with Gasteiger partial charge in [-0.2, -0.15) is 0 Å². The Morgan fingerprint density at radius 3 is 2.55 bits per heavy atom. The van der Waals surface area contributed by atoms with Gasteiger partial charge >= 0.3 is 5.97 Å². The van der Waals surface area contributed by atoms with Gasteiger partial charge in [0.2, 0.25) is 0 Å². The lowest BCUT2D eigenvalue weighted by atomic mass is 9.61.